The quantitative estimate of drug-likeness (QED) is 0.569. The van der Waals surface area contributed by atoms with E-state index in [1.807, 2.05) is 6.92 Å². The molecule has 0 unspecified atom stereocenters. The van der Waals surface area contributed by atoms with Crippen LogP contribution in [0.4, 0.5) is 5.69 Å². The average molecular weight is 244 g/mol. The van der Waals surface area contributed by atoms with Crippen molar-refractivity contribution in [3.63, 3.8) is 0 Å². The Bertz CT molecular complexity index is 666. The average Bonchev–Trinajstić information content (AvgIpc) is 2.70. The summed E-state index contributed by atoms with van der Waals surface area (Å²) in [7, 11) is 0. The summed E-state index contributed by atoms with van der Waals surface area (Å²) in [6.07, 6.45) is 0.273. The van der Waals surface area contributed by atoms with Gasteiger partial charge in [-0.2, -0.15) is 0 Å². The Morgan fingerprint density at radius 1 is 1.33 bits per heavy atom. The van der Waals surface area contributed by atoms with E-state index in [2.05, 4.69) is 0 Å². The van der Waals surface area contributed by atoms with E-state index < -0.39 is 10.7 Å². The van der Waals surface area contributed by atoms with E-state index in [9.17, 15) is 15.2 Å². The van der Waals surface area contributed by atoms with E-state index in [-0.39, 0.29) is 11.8 Å². The smallest absolute Gasteiger partial charge is 0.269 e. The molecular formula is C13H10NO4-. The number of hydrogen-bond donors (Lipinski definition) is 0. The van der Waals surface area contributed by atoms with Gasteiger partial charge in [0, 0.05) is 11.8 Å². The van der Waals surface area contributed by atoms with Crippen molar-refractivity contribution in [1.29, 1.82) is 0 Å². The molecular weight excluding hydrogens is 234 g/mol. The van der Waals surface area contributed by atoms with E-state index in [1.54, 1.807) is 24.3 Å². The Balaban J connectivity index is 2.46. The first-order valence-corrected chi connectivity index (χ1v) is 5.65. The number of hydrogen-bond acceptors (Lipinski definition) is 4. The van der Waals surface area contributed by atoms with Crippen molar-refractivity contribution in [3.8, 4) is 11.5 Å². The number of nitro benzene ring substituents is 1. The van der Waals surface area contributed by atoms with Crippen LogP contribution < -0.4 is 9.84 Å². The highest BCUT2D eigenvalue weighted by molar-refractivity contribution is 5.98. The fourth-order valence-corrected chi connectivity index (χ4v) is 2.46. The summed E-state index contributed by atoms with van der Waals surface area (Å²) in [5, 5.41) is 24.2. The molecule has 3 rings (SSSR count). The van der Waals surface area contributed by atoms with Crippen molar-refractivity contribution in [2.45, 2.75) is 19.4 Å². The highest BCUT2D eigenvalue weighted by atomic mass is 16.6. The Morgan fingerprint density at radius 3 is 2.67 bits per heavy atom. The van der Waals surface area contributed by atoms with Crippen LogP contribution in [-0.2, 0) is 6.42 Å². The van der Waals surface area contributed by atoms with Crippen molar-refractivity contribution < 1.29 is 14.8 Å². The molecule has 0 bridgehead atoms. The maximum absolute atomic E-state index is 12.1. The first kappa shape index (κ1) is 10.8. The predicted molar refractivity (Wildman–Crippen MR) is 63.8 cm³/mol. The Kier molecular flexibility index (Phi) is 2.16. The van der Waals surface area contributed by atoms with Crippen LogP contribution >= 0.6 is 0 Å². The Morgan fingerprint density at radius 2 is 2.00 bits per heavy atom. The third kappa shape index (κ3) is 1.33. The normalized spacial score (nSPS) is 17.5. The third-order valence-corrected chi connectivity index (χ3v) is 3.18. The van der Waals surface area contributed by atoms with Crippen LogP contribution in [0.15, 0.2) is 24.3 Å². The molecule has 0 fully saturated rings. The van der Waals surface area contributed by atoms with Gasteiger partial charge in [-0.05, 0) is 18.1 Å². The van der Waals surface area contributed by atoms with Gasteiger partial charge < -0.3 is 9.84 Å². The van der Waals surface area contributed by atoms with Crippen molar-refractivity contribution in [2.75, 3.05) is 0 Å². The Hall–Kier alpha value is -2.30. The number of rotatable bonds is 1. The summed E-state index contributed by atoms with van der Waals surface area (Å²) in [6, 6.07) is 6.84. The third-order valence-electron chi connectivity index (χ3n) is 3.18. The molecule has 2 aromatic carbocycles. The minimum absolute atomic E-state index is 0.135. The van der Waals surface area contributed by atoms with Crippen molar-refractivity contribution in [1.82, 2.24) is 0 Å². The molecule has 5 heteroatoms. The molecule has 0 aliphatic carbocycles. The molecule has 0 aromatic heterocycles. The number of nitrogens with zero attached hydrogens (tertiary/aromatic N) is 1. The molecule has 0 spiro atoms. The summed E-state index contributed by atoms with van der Waals surface area (Å²) >= 11 is 0. The van der Waals surface area contributed by atoms with Gasteiger partial charge in [-0.15, -0.1) is 0 Å². The number of fused-ring (bicyclic) bond motifs is 3. The first-order valence-electron chi connectivity index (χ1n) is 5.65. The van der Waals surface area contributed by atoms with Crippen LogP contribution in [0.3, 0.4) is 0 Å². The highest BCUT2D eigenvalue weighted by Gasteiger charge is 2.30. The zero-order valence-electron chi connectivity index (χ0n) is 9.67. The van der Waals surface area contributed by atoms with Gasteiger partial charge in [-0.25, -0.2) is 0 Å². The first-order chi connectivity index (χ1) is 8.59. The molecule has 1 aliphatic rings. The molecule has 0 saturated carbocycles. The van der Waals surface area contributed by atoms with Gasteiger partial charge in [0.15, 0.2) is 0 Å². The van der Waals surface area contributed by atoms with Crippen LogP contribution in [0.5, 0.6) is 11.5 Å². The predicted octanol–water partition coefficient (Wildman–Crippen LogP) is 2.14. The topological polar surface area (TPSA) is 75.4 Å². The standard InChI is InChI=1S/C13H11NO4/c1-7-6-10-11(14(16)17)12(15)8-4-2-3-5-9(8)13(10)18-7/h2-5,7,15H,6H2,1H3/p-1/t7-/m1/s1. The highest BCUT2D eigenvalue weighted by Crippen LogP contribution is 2.47. The van der Waals surface area contributed by atoms with Crippen LogP contribution in [0.1, 0.15) is 12.5 Å². The zero-order chi connectivity index (χ0) is 12.9. The van der Waals surface area contributed by atoms with Crippen LogP contribution in [-0.4, -0.2) is 11.0 Å². The summed E-state index contributed by atoms with van der Waals surface area (Å²) in [4.78, 5) is 10.5. The molecule has 1 heterocycles. The van der Waals surface area contributed by atoms with E-state index in [0.29, 0.717) is 28.5 Å². The van der Waals surface area contributed by atoms with E-state index >= 15 is 0 Å². The van der Waals surface area contributed by atoms with Crippen molar-refractivity contribution >= 4 is 16.5 Å². The summed E-state index contributed by atoms with van der Waals surface area (Å²) in [6.45, 7) is 1.84. The molecule has 2 aromatic rings. The number of benzene rings is 2. The van der Waals surface area contributed by atoms with Gasteiger partial charge in [0.25, 0.3) is 5.69 Å². The fraction of sp³-hybridized carbons (Fsp3) is 0.231. The molecule has 0 radical (unpaired) electrons. The SMILES string of the molecule is C[C@@H]1Cc2c([N+](=O)[O-])c([O-])c3ccccc3c2O1. The van der Waals surface area contributed by atoms with Crippen LogP contribution in [0, 0.1) is 10.1 Å². The summed E-state index contributed by atoms with van der Waals surface area (Å²) < 4.78 is 5.62. The second kappa shape index (κ2) is 3.60. The van der Waals surface area contributed by atoms with Crippen molar-refractivity contribution in [3.05, 3.63) is 39.9 Å². The van der Waals surface area contributed by atoms with Crippen molar-refractivity contribution in [2.24, 2.45) is 0 Å². The Labute approximate surface area is 103 Å². The lowest BCUT2D eigenvalue weighted by atomic mass is 10.0. The van der Waals surface area contributed by atoms with Gasteiger partial charge in [0.05, 0.1) is 10.5 Å². The van der Waals surface area contributed by atoms with Crippen LogP contribution in [0.2, 0.25) is 0 Å². The monoisotopic (exact) mass is 244 g/mol. The van der Waals surface area contributed by atoms with Gasteiger partial charge in [0.2, 0.25) is 0 Å². The zero-order valence-corrected chi connectivity index (χ0v) is 9.67. The molecule has 0 saturated heterocycles. The lowest BCUT2D eigenvalue weighted by Crippen LogP contribution is -2.06. The molecule has 0 amide bonds. The molecule has 1 aliphatic heterocycles. The molecule has 5 nitrogen and oxygen atoms in total. The van der Waals surface area contributed by atoms with E-state index in [1.165, 1.54) is 0 Å². The second-order valence-corrected chi connectivity index (χ2v) is 4.42. The largest absolute Gasteiger partial charge is 0.867 e. The molecule has 18 heavy (non-hydrogen) atoms. The lowest BCUT2D eigenvalue weighted by Gasteiger charge is -2.14. The number of nitro groups is 1. The van der Waals surface area contributed by atoms with E-state index in [4.69, 9.17) is 4.74 Å². The lowest BCUT2D eigenvalue weighted by molar-refractivity contribution is -0.398. The molecule has 92 valence electrons. The van der Waals surface area contributed by atoms with E-state index in [0.717, 1.165) is 0 Å². The molecule has 0 N–H and O–H groups in total. The van der Waals surface area contributed by atoms with Gasteiger partial charge in [0.1, 0.15) is 11.9 Å². The fourth-order valence-electron chi connectivity index (χ4n) is 2.46. The minimum Gasteiger partial charge on any atom is -0.867 e. The van der Waals surface area contributed by atoms with Gasteiger partial charge in [-0.1, -0.05) is 24.3 Å². The minimum atomic E-state index is -0.602. The summed E-state index contributed by atoms with van der Waals surface area (Å²) in [5.74, 6) is -0.0311. The number of ether oxygens (including phenoxy) is 1. The van der Waals surface area contributed by atoms with Gasteiger partial charge in [-0.3, -0.25) is 10.1 Å². The van der Waals surface area contributed by atoms with Gasteiger partial charge >= 0.3 is 0 Å². The molecule has 1 atom stereocenters. The van der Waals surface area contributed by atoms with Crippen LogP contribution in [0.25, 0.3) is 10.8 Å². The second-order valence-electron chi connectivity index (χ2n) is 4.42. The summed E-state index contributed by atoms with van der Waals surface area (Å²) in [5.41, 5.74) is 0.0873. The maximum Gasteiger partial charge on any atom is 0.269 e. The maximum atomic E-state index is 12.1.